The van der Waals surface area contributed by atoms with Gasteiger partial charge in [0.2, 0.25) is 0 Å². The van der Waals surface area contributed by atoms with Gasteiger partial charge in [-0.2, -0.15) is 0 Å². The number of benzene rings is 1. The predicted molar refractivity (Wildman–Crippen MR) is 96.1 cm³/mol. The Morgan fingerprint density at radius 1 is 1.36 bits per heavy atom. The second kappa shape index (κ2) is 7.67. The fraction of sp³-hybridized carbons (Fsp3) is 0.312. The number of thiocarbonyl (C=S) groups is 1. The third kappa shape index (κ3) is 4.50. The zero-order valence-corrected chi connectivity index (χ0v) is 14.5. The van der Waals surface area contributed by atoms with Gasteiger partial charge in [0.1, 0.15) is 5.82 Å². The van der Waals surface area contributed by atoms with Crippen molar-refractivity contribution in [1.82, 2.24) is 10.2 Å². The standard InChI is InChI=1S/C16H20FN3S2/c1-11-6-7-12(9-13(11)17)19-16(21)18-10-14(20(2)3)15-5-4-8-22-15/h4-9,14H,10H2,1-3H3,(H2,18,19,21)/t14-/m1/s1. The predicted octanol–water partition coefficient (Wildman–Crippen LogP) is 3.78. The molecular weight excluding hydrogens is 317 g/mol. The lowest BCUT2D eigenvalue weighted by molar-refractivity contribution is 0.303. The van der Waals surface area contributed by atoms with E-state index in [1.54, 1.807) is 24.3 Å². The average Bonchev–Trinajstić information content (AvgIpc) is 2.97. The molecule has 0 aliphatic rings. The summed E-state index contributed by atoms with van der Waals surface area (Å²) in [5, 5.41) is 8.77. The molecule has 0 aliphatic carbocycles. The first-order valence-electron chi connectivity index (χ1n) is 6.98. The van der Waals surface area contributed by atoms with Crippen molar-refractivity contribution in [3.63, 3.8) is 0 Å². The molecule has 0 saturated heterocycles. The van der Waals surface area contributed by atoms with E-state index in [0.29, 0.717) is 22.9 Å². The Balaban J connectivity index is 1.92. The number of rotatable bonds is 5. The number of thiophene rings is 1. The molecule has 1 aromatic carbocycles. The van der Waals surface area contributed by atoms with Crippen LogP contribution >= 0.6 is 23.6 Å². The van der Waals surface area contributed by atoms with Crippen molar-refractivity contribution in [2.24, 2.45) is 0 Å². The Hall–Kier alpha value is -1.50. The second-order valence-electron chi connectivity index (χ2n) is 5.29. The van der Waals surface area contributed by atoms with Gasteiger partial charge >= 0.3 is 0 Å². The summed E-state index contributed by atoms with van der Waals surface area (Å²) >= 11 is 7.01. The van der Waals surface area contributed by atoms with Gasteiger partial charge in [0.15, 0.2) is 5.11 Å². The minimum Gasteiger partial charge on any atom is -0.360 e. The summed E-state index contributed by atoms with van der Waals surface area (Å²) in [6.07, 6.45) is 0. The molecule has 22 heavy (non-hydrogen) atoms. The SMILES string of the molecule is Cc1ccc(NC(=S)NC[C@H](c2cccs2)N(C)C)cc1F. The van der Waals surface area contributed by atoms with Gasteiger partial charge in [0.25, 0.3) is 0 Å². The summed E-state index contributed by atoms with van der Waals surface area (Å²) in [7, 11) is 4.08. The van der Waals surface area contributed by atoms with Crippen LogP contribution in [-0.4, -0.2) is 30.7 Å². The van der Waals surface area contributed by atoms with Gasteiger partial charge in [-0.15, -0.1) is 11.3 Å². The lowest BCUT2D eigenvalue weighted by atomic mass is 10.2. The van der Waals surface area contributed by atoms with Crippen LogP contribution in [0.25, 0.3) is 0 Å². The Morgan fingerprint density at radius 2 is 2.14 bits per heavy atom. The van der Waals surface area contributed by atoms with E-state index < -0.39 is 0 Å². The summed E-state index contributed by atoms with van der Waals surface area (Å²) in [5.74, 6) is -0.238. The lowest BCUT2D eigenvalue weighted by Gasteiger charge is -2.24. The Bertz CT molecular complexity index is 626. The normalized spacial score (nSPS) is 12.2. The van der Waals surface area contributed by atoms with Crippen molar-refractivity contribution in [3.8, 4) is 0 Å². The molecular formula is C16H20FN3S2. The van der Waals surface area contributed by atoms with E-state index in [0.717, 1.165) is 0 Å². The van der Waals surface area contributed by atoms with E-state index in [1.165, 1.54) is 10.9 Å². The van der Waals surface area contributed by atoms with Crippen molar-refractivity contribution in [3.05, 3.63) is 52.0 Å². The number of nitrogens with one attached hydrogen (secondary N) is 2. The van der Waals surface area contributed by atoms with Crippen LogP contribution in [0.4, 0.5) is 10.1 Å². The zero-order chi connectivity index (χ0) is 16.1. The van der Waals surface area contributed by atoms with Crippen molar-refractivity contribution in [2.75, 3.05) is 26.0 Å². The zero-order valence-electron chi connectivity index (χ0n) is 12.9. The molecule has 0 unspecified atom stereocenters. The van der Waals surface area contributed by atoms with E-state index in [9.17, 15) is 4.39 Å². The maximum Gasteiger partial charge on any atom is 0.170 e. The molecule has 1 atom stereocenters. The third-order valence-corrected chi connectivity index (χ3v) is 4.60. The molecule has 0 radical (unpaired) electrons. The fourth-order valence-corrected chi connectivity index (χ4v) is 3.18. The van der Waals surface area contributed by atoms with E-state index in [4.69, 9.17) is 12.2 Å². The summed E-state index contributed by atoms with van der Waals surface area (Å²) in [6.45, 7) is 2.42. The van der Waals surface area contributed by atoms with E-state index in [2.05, 4.69) is 27.0 Å². The van der Waals surface area contributed by atoms with Crippen molar-refractivity contribution in [1.29, 1.82) is 0 Å². The Kier molecular flexibility index (Phi) is 5.88. The molecule has 0 fully saturated rings. The topological polar surface area (TPSA) is 27.3 Å². The molecule has 2 N–H and O–H groups in total. The van der Waals surface area contributed by atoms with Crippen LogP contribution in [0.2, 0.25) is 0 Å². The molecule has 0 saturated carbocycles. The van der Waals surface area contributed by atoms with Gasteiger partial charge in [0, 0.05) is 17.1 Å². The van der Waals surface area contributed by atoms with E-state index in [1.807, 2.05) is 26.2 Å². The summed E-state index contributed by atoms with van der Waals surface area (Å²) in [6, 6.07) is 9.40. The van der Waals surface area contributed by atoms with Crippen LogP contribution in [0.3, 0.4) is 0 Å². The van der Waals surface area contributed by atoms with Gasteiger partial charge < -0.3 is 15.5 Å². The number of hydrogen-bond donors (Lipinski definition) is 2. The van der Waals surface area contributed by atoms with Crippen molar-refractivity contribution in [2.45, 2.75) is 13.0 Å². The lowest BCUT2D eigenvalue weighted by Crippen LogP contribution is -2.36. The van der Waals surface area contributed by atoms with E-state index in [-0.39, 0.29) is 11.9 Å². The molecule has 2 rings (SSSR count). The number of halogens is 1. The van der Waals surface area contributed by atoms with Gasteiger partial charge in [0.05, 0.1) is 6.04 Å². The first-order chi connectivity index (χ1) is 10.5. The number of likely N-dealkylation sites (N-methyl/N-ethyl adjacent to an activating group) is 1. The maximum atomic E-state index is 13.5. The van der Waals surface area contributed by atoms with Crippen LogP contribution in [0.15, 0.2) is 35.7 Å². The first-order valence-corrected chi connectivity index (χ1v) is 8.27. The molecule has 118 valence electrons. The third-order valence-electron chi connectivity index (χ3n) is 3.38. The number of aryl methyl sites for hydroxylation is 1. The van der Waals surface area contributed by atoms with Crippen molar-refractivity contribution >= 4 is 34.4 Å². The highest BCUT2D eigenvalue weighted by molar-refractivity contribution is 7.80. The highest BCUT2D eigenvalue weighted by atomic mass is 32.1. The molecule has 6 heteroatoms. The van der Waals surface area contributed by atoms with Crippen LogP contribution in [0.1, 0.15) is 16.5 Å². The molecule has 1 heterocycles. The highest BCUT2D eigenvalue weighted by Gasteiger charge is 2.15. The molecule has 0 spiro atoms. The van der Waals surface area contributed by atoms with Gasteiger partial charge in [-0.3, -0.25) is 0 Å². The molecule has 2 aromatic rings. The second-order valence-corrected chi connectivity index (χ2v) is 6.68. The van der Waals surface area contributed by atoms with E-state index >= 15 is 0 Å². The molecule has 0 aliphatic heterocycles. The van der Waals surface area contributed by atoms with Crippen LogP contribution in [0, 0.1) is 12.7 Å². The Labute approximate surface area is 140 Å². The van der Waals surface area contributed by atoms with Gasteiger partial charge in [-0.1, -0.05) is 12.1 Å². The molecule has 0 amide bonds. The molecule has 0 bridgehead atoms. The number of nitrogens with zero attached hydrogens (tertiary/aromatic N) is 1. The van der Waals surface area contributed by atoms with Crippen LogP contribution in [-0.2, 0) is 0 Å². The summed E-state index contributed by atoms with van der Waals surface area (Å²) in [4.78, 5) is 3.43. The minimum atomic E-state index is -0.238. The number of hydrogen-bond acceptors (Lipinski definition) is 3. The van der Waals surface area contributed by atoms with Crippen LogP contribution < -0.4 is 10.6 Å². The van der Waals surface area contributed by atoms with Gasteiger partial charge in [-0.25, -0.2) is 4.39 Å². The smallest absolute Gasteiger partial charge is 0.170 e. The highest BCUT2D eigenvalue weighted by Crippen LogP contribution is 2.22. The van der Waals surface area contributed by atoms with Crippen molar-refractivity contribution < 1.29 is 4.39 Å². The largest absolute Gasteiger partial charge is 0.360 e. The summed E-state index contributed by atoms with van der Waals surface area (Å²) in [5.41, 5.74) is 1.27. The molecule has 1 aromatic heterocycles. The average molecular weight is 337 g/mol. The number of anilines is 1. The Morgan fingerprint density at radius 3 is 2.73 bits per heavy atom. The first kappa shape index (κ1) is 16.9. The van der Waals surface area contributed by atoms with Crippen LogP contribution in [0.5, 0.6) is 0 Å². The summed E-state index contributed by atoms with van der Waals surface area (Å²) < 4.78 is 13.5. The fourth-order valence-electron chi connectivity index (χ4n) is 2.05. The minimum absolute atomic E-state index is 0.238. The molecule has 3 nitrogen and oxygen atoms in total. The quantitative estimate of drug-likeness (QED) is 0.812. The van der Waals surface area contributed by atoms with Gasteiger partial charge in [-0.05, 0) is 62.4 Å². The monoisotopic (exact) mass is 337 g/mol. The maximum absolute atomic E-state index is 13.5.